The number of hydrogen-bond acceptors (Lipinski definition) is 6. The summed E-state index contributed by atoms with van der Waals surface area (Å²) >= 11 is 0. The summed E-state index contributed by atoms with van der Waals surface area (Å²) < 4.78 is 34.0. The Kier molecular flexibility index (Phi) is 30.5. The van der Waals surface area contributed by atoms with Crippen LogP contribution in [0.15, 0.2) is 0 Å². The maximum atomic E-state index is 11.3. The van der Waals surface area contributed by atoms with Gasteiger partial charge in [-0.25, -0.2) is 0 Å². The molecule has 6 nitrogen and oxygen atoms in total. The Morgan fingerprint density at radius 2 is 0.525 bits per heavy atom. The van der Waals surface area contributed by atoms with Crippen molar-refractivity contribution in [3.63, 3.8) is 0 Å². The van der Waals surface area contributed by atoms with E-state index in [2.05, 4.69) is 41.5 Å². The van der Waals surface area contributed by atoms with Crippen LogP contribution in [0.5, 0.6) is 0 Å². The van der Waals surface area contributed by atoms with Crippen molar-refractivity contribution in [2.45, 2.75) is 176 Å². The molecule has 0 aliphatic heterocycles. The summed E-state index contributed by atoms with van der Waals surface area (Å²) in [5.41, 5.74) is 0. The van der Waals surface area contributed by atoms with E-state index in [0.717, 1.165) is 77.0 Å². The maximum absolute atomic E-state index is 11.3. The Bertz CT molecular complexity index is 578. The van der Waals surface area contributed by atoms with Crippen LogP contribution >= 0.6 is 24.1 Å². The van der Waals surface area contributed by atoms with Gasteiger partial charge in [0.25, 0.3) is 0 Å². The average Bonchev–Trinajstić information content (AvgIpc) is 2.93. The van der Waals surface area contributed by atoms with Gasteiger partial charge in [-0.3, -0.25) is 0 Å². The summed E-state index contributed by atoms with van der Waals surface area (Å²) in [6, 6.07) is 0. The third-order valence-electron chi connectivity index (χ3n) is 10.3. The fourth-order valence-electron chi connectivity index (χ4n) is 7.06. The van der Waals surface area contributed by atoms with Gasteiger partial charge >= 0.3 is 17.4 Å². The molecule has 3 atom stereocenters. The molecule has 0 saturated carbocycles. The standard InChI is InChI=1S/3C10H23O2P.Al/c3*1-5-9(6-2)10(7-3,8-4)13(11)12;/h3*9,13H,5-8H2,1-4H3,(H,11,12);/q;;;+3/p-3. The summed E-state index contributed by atoms with van der Waals surface area (Å²) in [7, 11) is -7.97. The van der Waals surface area contributed by atoms with E-state index < -0.39 is 39.6 Å². The second-order valence-electron chi connectivity index (χ2n) is 11.0. The van der Waals surface area contributed by atoms with Gasteiger partial charge in [-0.15, -0.1) is 0 Å². The van der Waals surface area contributed by atoms with Gasteiger partial charge in [-0.2, -0.15) is 0 Å². The molecule has 40 heavy (non-hydrogen) atoms. The van der Waals surface area contributed by atoms with E-state index in [9.17, 15) is 28.4 Å². The minimum atomic E-state index is -2.66. The summed E-state index contributed by atoms with van der Waals surface area (Å²) in [5, 5.41) is -1.23. The zero-order valence-electron chi connectivity index (χ0n) is 28.2. The van der Waals surface area contributed by atoms with Crippen LogP contribution in [0.1, 0.15) is 160 Å². The first-order valence-electron chi connectivity index (χ1n) is 15.9. The first-order valence-corrected chi connectivity index (χ1v) is 19.8. The van der Waals surface area contributed by atoms with Gasteiger partial charge in [-0.1, -0.05) is 122 Å². The molecule has 10 heteroatoms. The van der Waals surface area contributed by atoms with Crippen LogP contribution in [-0.2, 0) is 13.7 Å². The molecule has 3 unspecified atom stereocenters. The molecule has 0 rings (SSSR count). The quantitative estimate of drug-likeness (QED) is 0.110. The third-order valence-corrected chi connectivity index (χ3v) is 16.1. The molecule has 0 saturated heterocycles. The van der Waals surface area contributed by atoms with Crippen molar-refractivity contribution in [3.05, 3.63) is 0 Å². The van der Waals surface area contributed by atoms with Crippen LogP contribution in [0.25, 0.3) is 0 Å². The van der Waals surface area contributed by atoms with Crippen LogP contribution in [0, 0.1) is 17.8 Å². The van der Waals surface area contributed by atoms with Crippen molar-refractivity contribution in [2.75, 3.05) is 0 Å². The zero-order chi connectivity index (χ0) is 31.4. The van der Waals surface area contributed by atoms with Crippen LogP contribution in [-0.4, -0.2) is 32.8 Å². The van der Waals surface area contributed by atoms with E-state index in [1.54, 1.807) is 0 Å². The molecule has 0 aromatic rings. The van der Waals surface area contributed by atoms with Crippen LogP contribution in [0.4, 0.5) is 0 Å². The largest absolute Gasteiger partial charge is 3.00 e. The van der Waals surface area contributed by atoms with Crippen molar-refractivity contribution >= 4 is 41.4 Å². The number of rotatable bonds is 18. The van der Waals surface area contributed by atoms with E-state index in [0.29, 0.717) is 17.8 Å². The van der Waals surface area contributed by atoms with Crippen molar-refractivity contribution in [2.24, 2.45) is 17.8 Å². The van der Waals surface area contributed by atoms with E-state index in [-0.39, 0.29) is 17.4 Å². The topological polar surface area (TPSA) is 120 Å². The predicted molar refractivity (Wildman–Crippen MR) is 175 cm³/mol. The summed E-state index contributed by atoms with van der Waals surface area (Å²) in [4.78, 5) is 34.0. The Morgan fingerprint density at radius 1 is 0.400 bits per heavy atom. The fourth-order valence-corrected chi connectivity index (χ4v) is 11.0. The maximum Gasteiger partial charge on any atom is 3.00 e. The molecule has 0 N–H and O–H groups in total. The Morgan fingerprint density at radius 3 is 0.550 bits per heavy atom. The van der Waals surface area contributed by atoms with Gasteiger partial charge in [0.05, 0.1) is 0 Å². The molecular formula is C30H66AlO6P3. The van der Waals surface area contributed by atoms with E-state index in [4.69, 9.17) is 0 Å². The molecule has 0 aliphatic rings. The van der Waals surface area contributed by atoms with Crippen LogP contribution < -0.4 is 14.7 Å². The van der Waals surface area contributed by atoms with Gasteiger partial charge in [-0.05, 0) is 56.3 Å². The zero-order valence-corrected chi connectivity index (χ0v) is 32.4. The minimum Gasteiger partial charge on any atom is -0.801 e. The molecule has 0 fully saturated rings. The molecule has 0 heterocycles. The van der Waals surface area contributed by atoms with Crippen LogP contribution in [0.2, 0.25) is 0 Å². The van der Waals surface area contributed by atoms with Crippen molar-refractivity contribution < 1.29 is 28.4 Å². The second-order valence-corrected chi connectivity index (χ2v) is 15.7. The van der Waals surface area contributed by atoms with Gasteiger partial charge in [0.15, 0.2) is 0 Å². The molecule has 0 radical (unpaired) electrons. The van der Waals surface area contributed by atoms with Crippen molar-refractivity contribution in [1.29, 1.82) is 0 Å². The Hall–Kier alpha value is 1.10. The smallest absolute Gasteiger partial charge is 0.801 e. The SMILES string of the molecule is CCC(CC)C(CC)(CC)[PH](=O)[O-].CCC(CC)C(CC)(CC)[PH](=O)[O-].CCC(CC)C(CC)(CC)[PH](=O)[O-].[Al+3]. The minimum absolute atomic E-state index is 0. The second kappa shape index (κ2) is 25.4. The van der Waals surface area contributed by atoms with Crippen LogP contribution in [0.3, 0.4) is 0 Å². The number of hydrogen-bond donors (Lipinski definition) is 0. The third kappa shape index (κ3) is 12.6. The fraction of sp³-hybridized carbons (Fsp3) is 1.00. The molecule has 0 bridgehead atoms. The van der Waals surface area contributed by atoms with Crippen molar-refractivity contribution in [1.82, 2.24) is 0 Å². The average molecular weight is 643 g/mol. The van der Waals surface area contributed by atoms with Gasteiger partial charge in [0.2, 0.25) is 0 Å². The molecule has 240 valence electrons. The normalized spacial score (nSPS) is 14.6. The van der Waals surface area contributed by atoms with Gasteiger partial charge in [0, 0.05) is 39.6 Å². The molecular weight excluding hydrogens is 576 g/mol. The summed E-state index contributed by atoms with van der Waals surface area (Å²) in [5.74, 6) is 1.02. The van der Waals surface area contributed by atoms with E-state index in [1.807, 2.05) is 41.5 Å². The van der Waals surface area contributed by atoms with Crippen molar-refractivity contribution in [3.8, 4) is 0 Å². The summed E-state index contributed by atoms with van der Waals surface area (Å²) in [6.45, 7) is 24.4. The molecule has 0 aromatic heterocycles. The summed E-state index contributed by atoms with van der Waals surface area (Å²) in [6.07, 6.45) is 10.4. The van der Waals surface area contributed by atoms with E-state index >= 15 is 0 Å². The van der Waals surface area contributed by atoms with Gasteiger partial charge in [0.1, 0.15) is 0 Å². The molecule has 0 amide bonds. The molecule has 0 aliphatic carbocycles. The predicted octanol–water partition coefficient (Wildman–Crippen LogP) is 8.07. The Balaban J connectivity index is -0.000000240. The first kappa shape index (κ1) is 48.0. The molecule has 0 spiro atoms. The monoisotopic (exact) mass is 642 g/mol. The first-order chi connectivity index (χ1) is 18.3. The van der Waals surface area contributed by atoms with Gasteiger partial charge < -0.3 is 28.4 Å². The molecule has 0 aromatic carbocycles. The van der Waals surface area contributed by atoms with E-state index in [1.165, 1.54) is 0 Å². The Labute approximate surface area is 262 Å².